The SMILES string of the molecule is CCCCCCCC(=O)CCCCCCCCCCCCC(=O)OC. The molecule has 0 radical (unpaired) electrons. The number of hydrogen-bond donors (Lipinski definition) is 0. The summed E-state index contributed by atoms with van der Waals surface area (Å²) in [5, 5.41) is 0. The standard InChI is InChI=1S/C22H42O3/c1-3-4-5-12-15-18-21(23)19-16-13-10-8-6-7-9-11-14-17-20-22(24)25-2/h3-20H2,1-2H3. The van der Waals surface area contributed by atoms with Crippen LogP contribution in [0.15, 0.2) is 0 Å². The van der Waals surface area contributed by atoms with Crippen LogP contribution in [0.1, 0.15) is 122 Å². The van der Waals surface area contributed by atoms with Crippen LogP contribution in [-0.2, 0) is 14.3 Å². The van der Waals surface area contributed by atoms with Crippen LogP contribution in [0.3, 0.4) is 0 Å². The number of carbonyl (C=O) groups excluding carboxylic acids is 2. The highest BCUT2D eigenvalue weighted by Gasteiger charge is 2.02. The first-order valence-electron chi connectivity index (χ1n) is 10.8. The summed E-state index contributed by atoms with van der Waals surface area (Å²) in [6.45, 7) is 2.22. The molecule has 0 atom stereocenters. The summed E-state index contributed by atoms with van der Waals surface area (Å²) in [4.78, 5) is 22.7. The van der Waals surface area contributed by atoms with Gasteiger partial charge in [0.25, 0.3) is 0 Å². The number of Topliss-reactive ketones (excluding diaryl/α,β-unsaturated/α-hetero) is 1. The Hall–Kier alpha value is -0.860. The van der Waals surface area contributed by atoms with Crippen molar-refractivity contribution in [3.05, 3.63) is 0 Å². The first kappa shape index (κ1) is 24.1. The van der Waals surface area contributed by atoms with E-state index >= 15 is 0 Å². The molecule has 0 bridgehead atoms. The van der Waals surface area contributed by atoms with Crippen molar-refractivity contribution in [2.24, 2.45) is 0 Å². The van der Waals surface area contributed by atoms with E-state index in [-0.39, 0.29) is 5.97 Å². The van der Waals surface area contributed by atoms with Crippen LogP contribution in [0.2, 0.25) is 0 Å². The summed E-state index contributed by atoms with van der Waals surface area (Å²) in [6, 6.07) is 0. The third-order valence-electron chi connectivity index (χ3n) is 4.87. The van der Waals surface area contributed by atoms with Gasteiger partial charge in [0.1, 0.15) is 5.78 Å². The molecule has 0 saturated heterocycles. The normalized spacial score (nSPS) is 10.8. The van der Waals surface area contributed by atoms with Gasteiger partial charge in [-0.3, -0.25) is 9.59 Å². The van der Waals surface area contributed by atoms with Gasteiger partial charge in [-0.05, 0) is 19.3 Å². The fraction of sp³-hybridized carbons (Fsp3) is 0.909. The van der Waals surface area contributed by atoms with Gasteiger partial charge in [0.05, 0.1) is 7.11 Å². The Kier molecular flexibility index (Phi) is 18.8. The van der Waals surface area contributed by atoms with Gasteiger partial charge in [0.2, 0.25) is 0 Å². The number of hydrogen-bond acceptors (Lipinski definition) is 3. The van der Waals surface area contributed by atoms with Crippen molar-refractivity contribution >= 4 is 11.8 Å². The van der Waals surface area contributed by atoms with Crippen molar-refractivity contribution < 1.29 is 14.3 Å². The molecule has 0 aromatic carbocycles. The van der Waals surface area contributed by atoms with E-state index in [1.54, 1.807) is 0 Å². The fourth-order valence-electron chi connectivity index (χ4n) is 3.16. The summed E-state index contributed by atoms with van der Waals surface area (Å²) in [6.07, 6.45) is 20.4. The molecule has 3 nitrogen and oxygen atoms in total. The summed E-state index contributed by atoms with van der Waals surface area (Å²) in [5.74, 6) is 0.387. The van der Waals surface area contributed by atoms with E-state index in [1.807, 2.05) is 0 Å². The Morgan fingerprint density at radius 3 is 1.32 bits per heavy atom. The average molecular weight is 355 g/mol. The number of methoxy groups -OCH3 is 1. The van der Waals surface area contributed by atoms with Gasteiger partial charge in [0.15, 0.2) is 0 Å². The first-order chi connectivity index (χ1) is 12.2. The van der Waals surface area contributed by atoms with Gasteiger partial charge in [-0.15, -0.1) is 0 Å². The predicted octanol–water partition coefficient (Wildman–Crippen LogP) is 6.77. The van der Waals surface area contributed by atoms with Crippen molar-refractivity contribution in [3.63, 3.8) is 0 Å². The molecular formula is C22H42O3. The molecular weight excluding hydrogens is 312 g/mol. The van der Waals surface area contributed by atoms with Crippen molar-refractivity contribution in [2.45, 2.75) is 122 Å². The number of ether oxygens (including phenoxy) is 1. The summed E-state index contributed by atoms with van der Waals surface area (Å²) >= 11 is 0. The van der Waals surface area contributed by atoms with Crippen LogP contribution in [-0.4, -0.2) is 18.9 Å². The number of carbonyl (C=O) groups is 2. The lowest BCUT2D eigenvalue weighted by molar-refractivity contribution is -0.140. The molecule has 0 saturated carbocycles. The van der Waals surface area contributed by atoms with Gasteiger partial charge in [0, 0.05) is 19.3 Å². The molecule has 0 aliphatic rings. The van der Waals surface area contributed by atoms with Crippen molar-refractivity contribution in [1.29, 1.82) is 0 Å². The highest BCUT2D eigenvalue weighted by molar-refractivity contribution is 5.78. The molecule has 0 aromatic heterocycles. The van der Waals surface area contributed by atoms with Gasteiger partial charge < -0.3 is 4.74 Å². The molecule has 0 spiro atoms. The maximum Gasteiger partial charge on any atom is 0.305 e. The molecule has 0 aliphatic heterocycles. The second-order valence-electron chi connectivity index (χ2n) is 7.31. The summed E-state index contributed by atoms with van der Waals surface area (Å²) in [5.41, 5.74) is 0. The van der Waals surface area contributed by atoms with Crippen LogP contribution >= 0.6 is 0 Å². The molecule has 148 valence electrons. The number of ketones is 1. The number of esters is 1. The molecule has 0 rings (SSSR count). The monoisotopic (exact) mass is 354 g/mol. The van der Waals surface area contributed by atoms with Crippen molar-refractivity contribution in [3.8, 4) is 0 Å². The highest BCUT2D eigenvalue weighted by atomic mass is 16.5. The molecule has 25 heavy (non-hydrogen) atoms. The lowest BCUT2D eigenvalue weighted by atomic mass is 10.0. The number of unbranched alkanes of at least 4 members (excludes halogenated alkanes) is 13. The Labute approximate surface area is 156 Å². The second-order valence-corrected chi connectivity index (χ2v) is 7.31. The van der Waals surface area contributed by atoms with E-state index in [4.69, 9.17) is 0 Å². The molecule has 0 amide bonds. The van der Waals surface area contributed by atoms with E-state index in [2.05, 4.69) is 11.7 Å². The van der Waals surface area contributed by atoms with Gasteiger partial charge in [-0.25, -0.2) is 0 Å². The van der Waals surface area contributed by atoms with E-state index in [0.717, 1.165) is 38.5 Å². The Morgan fingerprint density at radius 1 is 0.560 bits per heavy atom. The summed E-state index contributed by atoms with van der Waals surface area (Å²) < 4.78 is 4.63. The highest BCUT2D eigenvalue weighted by Crippen LogP contribution is 2.13. The lowest BCUT2D eigenvalue weighted by Crippen LogP contribution is -1.99. The maximum absolute atomic E-state index is 11.8. The fourth-order valence-corrected chi connectivity index (χ4v) is 3.16. The van der Waals surface area contributed by atoms with Crippen molar-refractivity contribution in [2.75, 3.05) is 7.11 Å². The minimum absolute atomic E-state index is 0.0880. The van der Waals surface area contributed by atoms with E-state index in [9.17, 15) is 9.59 Å². The number of rotatable bonds is 19. The molecule has 0 heterocycles. The van der Waals surface area contributed by atoms with Crippen LogP contribution < -0.4 is 0 Å². The topological polar surface area (TPSA) is 43.4 Å². The van der Waals surface area contributed by atoms with Crippen LogP contribution in [0.25, 0.3) is 0 Å². The zero-order valence-electron chi connectivity index (χ0n) is 17.0. The van der Waals surface area contributed by atoms with E-state index in [0.29, 0.717) is 12.2 Å². The molecule has 0 N–H and O–H groups in total. The molecule has 0 fully saturated rings. The largest absolute Gasteiger partial charge is 0.469 e. The Bertz CT molecular complexity index is 312. The van der Waals surface area contributed by atoms with Crippen LogP contribution in [0.4, 0.5) is 0 Å². The summed E-state index contributed by atoms with van der Waals surface area (Å²) in [7, 11) is 1.45. The van der Waals surface area contributed by atoms with Crippen molar-refractivity contribution in [1.82, 2.24) is 0 Å². The minimum atomic E-state index is -0.0880. The van der Waals surface area contributed by atoms with E-state index < -0.39 is 0 Å². The third kappa shape index (κ3) is 19.3. The second kappa shape index (κ2) is 19.5. The molecule has 3 heteroatoms. The third-order valence-corrected chi connectivity index (χ3v) is 4.87. The van der Waals surface area contributed by atoms with Gasteiger partial charge >= 0.3 is 5.97 Å². The van der Waals surface area contributed by atoms with Gasteiger partial charge in [-0.2, -0.15) is 0 Å². The average Bonchev–Trinajstić information content (AvgIpc) is 2.62. The first-order valence-corrected chi connectivity index (χ1v) is 10.8. The predicted molar refractivity (Wildman–Crippen MR) is 106 cm³/mol. The minimum Gasteiger partial charge on any atom is -0.469 e. The lowest BCUT2D eigenvalue weighted by Gasteiger charge is -2.03. The van der Waals surface area contributed by atoms with Crippen LogP contribution in [0, 0.1) is 0 Å². The Morgan fingerprint density at radius 2 is 0.920 bits per heavy atom. The molecule has 0 aliphatic carbocycles. The quantitative estimate of drug-likeness (QED) is 0.190. The van der Waals surface area contributed by atoms with Crippen LogP contribution in [0.5, 0.6) is 0 Å². The van der Waals surface area contributed by atoms with E-state index in [1.165, 1.54) is 77.7 Å². The zero-order chi connectivity index (χ0) is 18.6. The zero-order valence-corrected chi connectivity index (χ0v) is 17.0. The Balaban J connectivity index is 3.15. The smallest absolute Gasteiger partial charge is 0.305 e. The molecule has 0 aromatic rings. The van der Waals surface area contributed by atoms with Gasteiger partial charge in [-0.1, -0.05) is 84.0 Å². The molecule has 0 unspecified atom stereocenters. The maximum atomic E-state index is 11.8.